The second-order valence-corrected chi connectivity index (χ2v) is 5.43. The van der Waals surface area contributed by atoms with E-state index in [4.69, 9.17) is 11.6 Å². The second kappa shape index (κ2) is 5.18. The molecule has 0 aliphatic carbocycles. The lowest BCUT2D eigenvalue weighted by atomic mass is 10.2. The van der Waals surface area contributed by atoms with Crippen LogP contribution in [0.5, 0.6) is 0 Å². The van der Waals surface area contributed by atoms with Gasteiger partial charge in [0, 0.05) is 23.8 Å². The Morgan fingerprint density at radius 2 is 1.80 bits per heavy atom. The zero-order chi connectivity index (χ0) is 14.1. The molecule has 3 rings (SSSR count). The van der Waals surface area contributed by atoms with Crippen molar-refractivity contribution in [2.45, 2.75) is 12.8 Å². The number of benzene rings is 1. The Labute approximate surface area is 122 Å². The molecule has 5 heteroatoms. The fourth-order valence-electron chi connectivity index (χ4n) is 2.75. The number of halogens is 1. The molecular weight excluding hydrogens is 274 g/mol. The number of amides is 1. The quantitative estimate of drug-likeness (QED) is 0.840. The average Bonchev–Trinajstić information content (AvgIpc) is 3.07. The van der Waals surface area contributed by atoms with E-state index in [9.17, 15) is 10.1 Å². The summed E-state index contributed by atoms with van der Waals surface area (Å²) in [7, 11) is 0. The largest absolute Gasteiger partial charge is 0.372 e. The minimum atomic E-state index is -0.211. The van der Waals surface area contributed by atoms with Gasteiger partial charge in [0.25, 0.3) is 5.91 Å². The van der Waals surface area contributed by atoms with Gasteiger partial charge in [-0.3, -0.25) is 4.79 Å². The maximum Gasteiger partial charge on any atom is 0.271 e. The van der Waals surface area contributed by atoms with Crippen molar-refractivity contribution in [1.82, 2.24) is 4.90 Å². The fourth-order valence-corrected chi connectivity index (χ4v) is 2.87. The highest BCUT2D eigenvalue weighted by atomic mass is 35.5. The SMILES string of the molecule is N#CC1=C(N2CCCC2)CN(c2ccc(Cl)cc2)C1=O. The summed E-state index contributed by atoms with van der Waals surface area (Å²) in [5, 5.41) is 9.91. The maximum absolute atomic E-state index is 12.4. The van der Waals surface area contributed by atoms with E-state index >= 15 is 0 Å². The van der Waals surface area contributed by atoms with Crippen LogP contribution in [0.15, 0.2) is 35.5 Å². The van der Waals surface area contributed by atoms with Crippen LogP contribution in [0.4, 0.5) is 5.69 Å². The van der Waals surface area contributed by atoms with Crippen molar-refractivity contribution in [3.05, 3.63) is 40.6 Å². The first-order chi connectivity index (χ1) is 9.70. The summed E-state index contributed by atoms with van der Waals surface area (Å²) in [6.07, 6.45) is 2.24. The number of rotatable bonds is 2. The van der Waals surface area contributed by atoms with E-state index in [1.165, 1.54) is 0 Å². The van der Waals surface area contributed by atoms with Gasteiger partial charge in [-0.2, -0.15) is 5.26 Å². The van der Waals surface area contributed by atoms with Crippen LogP contribution in [0, 0.1) is 11.3 Å². The summed E-state index contributed by atoms with van der Waals surface area (Å²) in [5.74, 6) is -0.211. The standard InChI is InChI=1S/C15H14ClN3O/c16-11-3-5-12(6-4-11)19-10-14(13(9-17)15(19)20)18-7-1-2-8-18/h3-6H,1-2,7-8,10H2. The summed E-state index contributed by atoms with van der Waals surface area (Å²) in [5.41, 5.74) is 1.92. The fraction of sp³-hybridized carbons (Fsp3) is 0.333. The van der Waals surface area contributed by atoms with Crippen molar-refractivity contribution in [3.8, 4) is 6.07 Å². The van der Waals surface area contributed by atoms with E-state index in [1.54, 1.807) is 17.0 Å². The van der Waals surface area contributed by atoms with E-state index in [2.05, 4.69) is 11.0 Å². The molecule has 0 spiro atoms. The van der Waals surface area contributed by atoms with Crippen LogP contribution >= 0.6 is 11.6 Å². The van der Waals surface area contributed by atoms with Crippen LogP contribution < -0.4 is 4.90 Å². The first-order valence-corrected chi connectivity index (χ1v) is 7.04. The Hall–Kier alpha value is -1.99. The maximum atomic E-state index is 12.4. The minimum Gasteiger partial charge on any atom is -0.372 e. The lowest BCUT2D eigenvalue weighted by molar-refractivity contribution is -0.114. The van der Waals surface area contributed by atoms with Crippen LogP contribution in [0.1, 0.15) is 12.8 Å². The molecule has 1 amide bonds. The van der Waals surface area contributed by atoms with Crippen molar-refractivity contribution in [3.63, 3.8) is 0 Å². The lowest BCUT2D eigenvalue weighted by Gasteiger charge is -2.21. The minimum absolute atomic E-state index is 0.211. The van der Waals surface area contributed by atoms with Crippen LogP contribution in [-0.4, -0.2) is 30.4 Å². The molecule has 20 heavy (non-hydrogen) atoms. The molecule has 2 aliphatic heterocycles. The van der Waals surface area contributed by atoms with Crippen molar-refractivity contribution < 1.29 is 4.79 Å². The van der Waals surface area contributed by atoms with Gasteiger partial charge in [0.1, 0.15) is 11.6 Å². The van der Waals surface area contributed by atoms with Crippen LogP contribution in [-0.2, 0) is 4.79 Å². The molecular formula is C15H14ClN3O. The van der Waals surface area contributed by atoms with E-state index in [0.29, 0.717) is 11.6 Å². The Morgan fingerprint density at radius 3 is 2.40 bits per heavy atom. The number of carbonyl (C=O) groups excluding carboxylic acids is 1. The van der Waals surface area contributed by atoms with Gasteiger partial charge >= 0.3 is 0 Å². The van der Waals surface area contributed by atoms with Crippen molar-refractivity contribution in [2.75, 3.05) is 24.5 Å². The smallest absolute Gasteiger partial charge is 0.271 e. The van der Waals surface area contributed by atoms with Crippen molar-refractivity contribution in [1.29, 1.82) is 5.26 Å². The third-order valence-corrected chi connectivity index (χ3v) is 4.05. The number of nitriles is 1. The van der Waals surface area contributed by atoms with Gasteiger partial charge in [-0.05, 0) is 37.1 Å². The van der Waals surface area contributed by atoms with Crippen LogP contribution in [0.3, 0.4) is 0 Å². The van der Waals surface area contributed by atoms with Gasteiger partial charge < -0.3 is 9.80 Å². The molecule has 2 aliphatic rings. The third kappa shape index (κ3) is 2.14. The van der Waals surface area contributed by atoms with E-state index < -0.39 is 0 Å². The molecule has 0 atom stereocenters. The first-order valence-electron chi connectivity index (χ1n) is 6.66. The molecule has 4 nitrogen and oxygen atoms in total. The molecule has 1 saturated heterocycles. The Kier molecular flexibility index (Phi) is 3.37. The Morgan fingerprint density at radius 1 is 1.15 bits per heavy atom. The molecule has 102 valence electrons. The normalized spacial score (nSPS) is 18.9. The zero-order valence-corrected chi connectivity index (χ0v) is 11.7. The molecule has 0 radical (unpaired) electrons. The number of nitrogens with zero attached hydrogens (tertiary/aromatic N) is 3. The van der Waals surface area contributed by atoms with Gasteiger partial charge in [0.2, 0.25) is 0 Å². The molecule has 0 aromatic heterocycles. The van der Waals surface area contributed by atoms with Crippen molar-refractivity contribution in [2.24, 2.45) is 0 Å². The Bertz CT molecular complexity index is 609. The van der Waals surface area contributed by atoms with Gasteiger partial charge in [-0.15, -0.1) is 0 Å². The first kappa shape index (κ1) is 13.0. The average molecular weight is 288 g/mol. The topological polar surface area (TPSA) is 47.3 Å². The predicted molar refractivity (Wildman–Crippen MR) is 77.3 cm³/mol. The van der Waals surface area contributed by atoms with Crippen molar-refractivity contribution >= 4 is 23.2 Å². The number of hydrogen-bond donors (Lipinski definition) is 0. The highest BCUT2D eigenvalue weighted by molar-refractivity contribution is 6.30. The lowest BCUT2D eigenvalue weighted by Crippen LogP contribution is -2.28. The summed E-state index contributed by atoms with van der Waals surface area (Å²) in [6, 6.07) is 9.20. The van der Waals surface area contributed by atoms with Gasteiger partial charge in [0.15, 0.2) is 0 Å². The molecule has 0 bridgehead atoms. The number of anilines is 1. The van der Waals surface area contributed by atoms with Crippen LogP contribution in [0.2, 0.25) is 5.02 Å². The van der Waals surface area contributed by atoms with E-state index in [1.807, 2.05) is 12.1 Å². The molecule has 1 aromatic carbocycles. The molecule has 0 unspecified atom stereocenters. The Balaban J connectivity index is 1.90. The molecule has 0 saturated carbocycles. The van der Waals surface area contributed by atoms with Gasteiger partial charge in [-0.1, -0.05) is 11.6 Å². The summed E-state index contributed by atoms with van der Waals surface area (Å²) >= 11 is 5.87. The third-order valence-electron chi connectivity index (χ3n) is 3.79. The van der Waals surface area contributed by atoms with Gasteiger partial charge in [-0.25, -0.2) is 0 Å². The molecule has 0 N–H and O–H groups in total. The number of likely N-dealkylation sites (tertiary alicyclic amines) is 1. The van der Waals surface area contributed by atoms with Gasteiger partial charge in [0.05, 0.1) is 12.2 Å². The molecule has 2 heterocycles. The zero-order valence-electron chi connectivity index (χ0n) is 11.0. The summed E-state index contributed by atoms with van der Waals surface area (Å²) in [6.45, 7) is 2.34. The second-order valence-electron chi connectivity index (χ2n) is 5.00. The monoisotopic (exact) mass is 287 g/mol. The highest BCUT2D eigenvalue weighted by Gasteiger charge is 2.34. The predicted octanol–water partition coefficient (Wildman–Crippen LogP) is 2.56. The molecule has 1 fully saturated rings. The number of hydrogen-bond acceptors (Lipinski definition) is 3. The van der Waals surface area contributed by atoms with E-state index in [0.717, 1.165) is 37.3 Å². The van der Waals surface area contributed by atoms with E-state index in [-0.39, 0.29) is 11.5 Å². The number of carbonyl (C=O) groups is 1. The summed E-state index contributed by atoms with van der Waals surface area (Å²) < 4.78 is 0. The summed E-state index contributed by atoms with van der Waals surface area (Å²) in [4.78, 5) is 16.2. The van der Waals surface area contributed by atoms with Crippen LogP contribution in [0.25, 0.3) is 0 Å². The molecule has 1 aromatic rings. The highest BCUT2D eigenvalue weighted by Crippen LogP contribution is 2.29.